The van der Waals surface area contributed by atoms with E-state index in [1.807, 2.05) is 67.1 Å². The topological polar surface area (TPSA) is 75.4 Å². The average molecular weight is 501 g/mol. The summed E-state index contributed by atoms with van der Waals surface area (Å²) in [6, 6.07) is 15.4. The fourth-order valence-electron chi connectivity index (χ4n) is 5.34. The zero-order valence-electron chi connectivity index (χ0n) is 22.0. The molecule has 0 spiro atoms. The van der Waals surface area contributed by atoms with E-state index in [9.17, 15) is 9.59 Å². The molecule has 0 aliphatic carbocycles. The maximum absolute atomic E-state index is 13.6. The number of benzene rings is 2. The molecule has 0 atom stereocenters. The Labute approximate surface area is 217 Å². The first-order valence-electron chi connectivity index (χ1n) is 13.3. The molecule has 2 aromatic carbocycles. The van der Waals surface area contributed by atoms with E-state index in [1.54, 1.807) is 0 Å². The second-order valence-corrected chi connectivity index (χ2v) is 9.99. The highest BCUT2D eigenvalue weighted by molar-refractivity contribution is 6.16. The van der Waals surface area contributed by atoms with Crippen LogP contribution >= 0.6 is 0 Å². The van der Waals surface area contributed by atoms with Crippen LogP contribution in [-0.2, 0) is 7.05 Å². The summed E-state index contributed by atoms with van der Waals surface area (Å²) >= 11 is 0. The standard InChI is InChI=1S/C29H36N6O2/c1-4-15-33-17-19-34(20-18-33)16-7-14-30-28(36)26-25-23-8-5-6-9-24(23)32(3)27(25)29(37)35(31-26)22-12-10-21(2)11-13-22/h5-6,8-13H,4,7,14-20H2,1-3H3,(H,30,36). The number of hydrogen-bond acceptors (Lipinski definition) is 5. The van der Waals surface area contributed by atoms with Crippen molar-refractivity contribution in [3.63, 3.8) is 0 Å². The van der Waals surface area contributed by atoms with E-state index >= 15 is 0 Å². The summed E-state index contributed by atoms with van der Waals surface area (Å²) in [5, 5.41) is 9.16. The molecular weight excluding hydrogens is 464 g/mol. The maximum atomic E-state index is 13.6. The van der Waals surface area contributed by atoms with Crippen molar-refractivity contribution in [2.24, 2.45) is 7.05 Å². The summed E-state index contributed by atoms with van der Waals surface area (Å²) in [4.78, 5) is 32.1. The van der Waals surface area contributed by atoms with E-state index in [2.05, 4.69) is 27.1 Å². The van der Waals surface area contributed by atoms with Crippen LogP contribution < -0.4 is 10.9 Å². The van der Waals surface area contributed by atoms with Crippen LogP contribution in [0.2, 0.25) is 0 Å². The third kappa shape index (κ3) is 5.04. The molecule has 37 heavy (non-hydrogen) atoms. The van der Waals surface area contributed by atoms with Gasteiger partial charge in [0.25, 0.3) is 11.5 Å². The predicted molar refractivity (Wildman–Crippen MR) is 149 cm³/mol. The van der Waals surface area contributed by atoms with Crippen molar-refractivity contribution in [1.29, 1.82) is 0 Å². The number of para-hydroxylation sites is 1. The molecule has 1 aliphatic heterocycles. The summed E-state index contributed by atoms with van der Waals surface area (Å²) in [6.07, 6.45) is 2.07. The first-order valence-corrected chi connectivity index (χ1v) is 13.3. The van der Waals surface area contributed by atoms with Gasteiger partial charge in [-0.1, -0.05) is 42.8 Å². The van der Waals surface area contributed by atoms with Crippen LogP contribution in [0.25, 0.3) is 27.5 Å². The van der Waals surface area contributed by atoms with Crippen LogP contribution in [0.4, 0.5) is 0 Å². The van der Waals surface area contributed by atoms with E-state index in [0.29, 0.717) is 23.1 Å². The van der Waals surface area contributed by atoms with Gasteiger partial charge in [-0.25, -0.2) is 0 Å². The molecule has 4 aromatic rings. The van der Waals surface area contributed by atoms with Crippen molar-refractivity contribution in [2.75, 3.05) is 45.8 Å². The van der Waals surface area contributed by atoms with E-state index < -0.39 is 0 Å². The minimum absolute atomic E-state index is 0.240. The molecule has 194 valence electrons. The Morgan fingerprint density at radius 2 is 1.65 bits per heavy atom. The zero-order chi connectivity index (χ0) is 25.9. The SMILES string of the molecule is CCCN1CCN(CCCNC(=O)c2nn(-c3ccc(C)cc3)c(=O)c3c2c2ccccc2n3C)CC1. The molecule has 0 radical (unpaired) electrons. The Morgan fingerprint density at radius 3 is 2.35 bits per heavy atom. The minimum Gasteiger partial charge on any atom is -0.351 e. The molecule has 0 saturated carbocycles. The summed E-state index contributed by atoms with van der Waals surface area (Å²) in [5.74, 6) is -0.255. The molecule has 8 heteroatoms. The van der Waals surface area contributed by atoms with Crippen LogP contribution in [0.5, 0.6) is 0 Å². The summed E-state index contributed by atoms with van der Waals surface area (Å²) in [5.41, 5.74) is 3.14. The van der Waals surface area contributed by atoms with Gasteiger partial charge in [0, 0.05) is 56.1 Å². The number of nitrogens with zero attached hydrogens (tertiary/aromatic N) is 5. The molecule has 1 N–H and O–H groups in total. The van der Waals surface area contributed by atoms with Crippen molar-refractivity contribution in [3.8, 4) is 5.69 Å². The van der Waals surface area contributed by atoms with Gasteiger partial charge in [-0.2, -0.15) is 9.78 Å². The molecule has 8 nitrogen and oxygen atoms in total. The number of piperazine rings is 1. The Bertz CT molecular complexity index is 1460. The summed E-state index contributed by atoms with van der Waals surface area (Å²) in [7, 11) is 1.87. The van der Waals surface area contributed by atoms with Crippen molar-refractivity contribution >= 4 is 27.7 Å². The zero-order valence-corrected chi connectivity index (χ0v) is 22.0. The fourth-order valence-corrected chi connectivity index (χ4v) is 5.34. The second-order valence-electron chi connectivity index (χ2n) is 9.99. The lowest BCUT2D eigenvalue weighted by Gasteiger charge is -2.34. The lowest BCUT2D eigenvalue weighted by Crippen LogP contribution is -2.47. The van der Waals surface area contributed by atoms with Crippen LogP contribution in [0.1, 0.15) is 35.8 Å². The Kier molecular flexibility index (Phi) is 7.39. The van der Waals surface area contributed by atoms with E-state index in [0.717, 1.165) is 55.6 Å². The van der Waals surface area contributed by atoms with Crippen LogP contribution in [0.3, 0.4) is 0 Å². The number of aromatic nitrogens is 3. The summed E-state index contributed by atoms with van der Waals surface area (Å²) in [6.45, 7) is 11.3. The van der Waals surface area contributed by atoms with Crippen molar-refractivity contribution in [2.45, 2.75) is 26.7 Å². The number of carbonyl (C=O) groups excluding carboxylic acids is 1. The van der Waals surface area contributed by atoms with Gasteiger partial charge in [0.05, 0.1) is 5.69 Å². The number of fused-ring (bicyclic) bond motifs is 3. The van der Waals surface area contributed by atoms with Gasteiger partial charge in [0.15, 0.2) is 5.69 Å². The van der Waals surface area contributed by atoms with Gasteiger partial charge in [-0.05, 0) is 51.1 Å². The third-order valence-corrected chi connectivity index (χ3v) is 7.37. The minimum atomic E-state index is -0.255. The van der Waals surface area contributed by atoms with Gasteiger partial charge >= 0.3 is 0 Å². The normalized spacial score (nSPS) is 15.0. The van der Waals surface area contributed by atoms with E-state index in [4.69, 9.17) is 0 Å². The monoisotopic (exact) mass is 500 g/mol. The molecule has 0 unspecified atom stereocenters. The lowest BCUT2D eigenvalue weighted by molar-refractivity contribution is 0.0943. The lowest BCUT2D eigenvalue weighted by atomic mass is 10.1. The maximum Gasteiger partial charge on any atom is 0.296 e. The highest BCUT2D eigenvalue weighted by atomic mass is 16.2. The van der Waals surface area contributed by atoms with E-state index in [1.165, 1.54) is 17.6 Å². The second kappa shape index (κ2) is 10.9. The average Bonchev–Trinajstić information content (AvgIpc) is 3.21. The molecule has 1 aliphatic rings. The highest BCUT2D eigenvalue weighted by Crippen LogP contribution is 2.28. The van der Waals surface area contributed by atoms with Gasteiger partial charge in [0.1, 0.15) is 5.52 Å². The molecule has 1 saturated heterocycles. The molecule has 2 aromatic heterocycles. The third-order valence-electron chi connectivity index (χ3n) is 7.37. The first kappa shape index (κ1) is 25.2. The Balaban J connectivity index is 1.40. The molecule has 1 fully saturated rings. The van der Waals surface area contributed by atoms with Crippen molar-refractivity contribution in [3.05, 3.63) is 70.1 Å². The van der Waals surface area contributed by atoms with Gasteiger partial charge in [0.2, 0.25) is 0 Å². The number of hydrogen-bond donors (Lipinski definition) is 1. The number of nitrogens with one attached hydrogen (secondary N) is 1. The molecular formula is C29H36N6O2. The van der Waals surface area contributed by atoms with Gasteiger partial charge < -0.3 is 19.7 Å². The predicted octanol–water partition coefficient (Wildman–Crippen LogP) is 3.33. The van der Waals surface area contributed by atoms with E-state index in [-0.39, 0.29) is 17.2 Å². The largest absolute Gasteiger partial charge is 0.351 e. The first-order chi connectivity index (χ1) is 18.0. The molecule has 0 bridgehead atoms. The van der Waals surface area contributed by atoms with Crippen LogP contribution in [-0.4, -0.2) is 75.9 Å². The summed E-state index contributed by atoms with van der Waals surface area (Å²) < 4.78 is 3.22. The number of amides is 1. The fraction of sp³-hybridized carbons (Fsp3) is 0.414. The van der Waals surface area contributed by atoms with Crippen molar-refractivity contribution < 1.29 is 4.79 Å². The van der Waals surface area contributed by atoms with Crippen LogP contribution in [0.15, 0.2) is 53.3 Å². The number of aryl methyl sites for hydroxylation is 2. The van der Waals surface area contributed by atoms with Crippen molar-refractivity contribution in [1.82, 2.24) is 29.5 Å². The van der Waals surface area contributed by atoms with Crippen LogP contribution in [0, 0.1) is 6.92 Å². The smallest absolute Gasteiger partial charge is 0.296 e. The molecule has 3 heterocycles. The molecule has 1 amide bonds. The highest BCUT2D eigenvalue weighted by Gasteiger charge is 2.23. The van der Waals surface area contributed by atoms with Gasteiger partial charge in [-0.3, -0.25) is 9.59 Å². The van der Waals surface area contributed by atoms with Gasteiger partial charge in [-0.15, -0.1) is 0 Å². The molecule has 5 rings (SSSR count). The Hall–Kier alpha value is -3.49. The number of rotatable bonds is 8. The Morgan fingerprint density at radius 1 is 0.973 bits per heavy atom. The quantitative estimate of drug-likeness (QED) is 0.376. The number of carbonyl (C=O) groups is 1.